The molecule has 0 radical (unpaired) electrons. The predicted molar refractivity (Wildman–Crippen MR) is 65.2 cm³/mol. The molecule has 6 nitrogen and oxygen atoms in total. The first-order valence-electron chi connectivity index (χ1n) is 6.55. The van der Waals surface area contributed by atoms with Crippen LogP contribution in [-0.4, -0.2) is 41.6 Å². The number of hydrogen-bond acceptors (Lipinski definition) is 6. The lowest BCUT2D eigenvalue weighted by Gasteiger charge is -2.33. The van der Waals surface area contributed by atoms with Gasteiger partial charge in [-0.15, -0.1) is 0 Å². The van der Waals surface area contributed by atoms with E-state index in [-0.39, 0.29) is 25.4 Å². The monoisotopic (exact) mass is 272 g/mol. The topological polar surface area (TPSA) is 89.9 Å². The first kappa shape index (κ1) is 15.6. The van der Waals surface area contributed by atoms with Gasteiger partial charge in [-0.2, -0.15) is 0 Å². The molecule has 1 atom stereocenters. The van der Waals surface area contributed by atoms with Gasteiger partial charge in [-0.25, -0.2) is 9.59 Å². The van der Waals surface area contributed by atoms with E-state index in [1.807, 2.05) is 0 Å². The molecule has 108 valence electrons. The fourth-order valence-corrected chi connectivity index (χ4v) is 2.28. The minimum atomic E-state index is -2.37. The minimum absolute atomic E-state index is 0.00582. The Morgan fingerprint density at radius 1 is 1.26 bits per heavy atom. The van der Waals surface area contributed by atoms with Gasteiger partial charge < -0.3 is 14.6 Å². The van der Waals surface area contributed by atoms with Crippen LogP contribution in [-0.2, 0) is 23.9 Å². The van der Waals surface area contributed by atoms with E-state index >= 15 is 0 Å². The number of Topliss-reactive ketones (excluding diaryl/α,β-unsaturated/α-hetero) is 1. The molecule has 6 heteroatoms. The molecule has 19 heavy (non-hydrogen) atoms. The molecule has 0 saturated heterocycles. The van der Waals surface area contributed by atoms with Gasteiger partial charge in [-0.3, -0.25) is 4.79 Å². The summed E-state index contributed by atoms with van der Waals surface area (Å²) in [5.41, 5.74) is -2.37. The molecule has 0 spiro atoms. The minimum Gasteiger partial charge on any atom is -0.463 e. The van der Waals surface area contributed by atoms with Crippen LogP contribution in [0.2, 0.25) is 0 Å². The number of rotatable bonds is 5. The average Bonchev–Trinajstić information content (AvgIpc) is 2.38. The smallest absolute Gasteiger partial charge is 0.350 e. The van der Waals surface area contributed by atoms with Gasteiger partial charge in [0, 0.05) is 18.8 Å². The Hall–Kier alpha value is -1.43. The molecule has 1 saturated carbocycles. The molecule has 0 amide bonds. The largest absolute Gasteiger partial charge is 0.463 e. The van der Waals surface area contributed by atoms with Crippen LogP contribution in [0.5, 0.6) is 0 Å². The summed E-state index contributed by atoms with van der Waals surface area (Å²) in [6.07, 6.45) is 1.37. The lowest BCUT2D eigenvalue weighted by molar-refractivity contribution is -0.191. The molecule has 0 aliphatic heterocycles. The summed E-state index contributed by atoms with van der Waals surface area (Å²) in [5, 5.41) is 10.5. The second kappa shape index (κ2) is 6.65. The van der Waals surface area contributed by atoms with Crippen LogP contribution in [0.3, 0.4) is 0 Å². The van der Waals surface area contributed by atoms with Crippen LogP contribution in [0.15, 0.2) is 0 Å². The van der Waals surface area contributed by atoms with E-state index in [0.29, 0.717) is 19.3 Å². The molecule has 0 aromatic rings. The van der Waals surface area contributed by atoms with Crippen LogP contribution in [0.1, 0.15) is 39.5 Å². The Labute approximate surface area is 112 Å². The van der Waals surface area contributed by atoms with Crippen molar-refractivity contribution in [1.82, 2.24) is 0 Å². The van der Waals surface area contributed by atoms with E-state index in [0.717, 1.165) is 0 Å². The van der Waals surface area contributed by atoms with E-state index in [2.05, 4.69) is 0 Å². The third kappa shape index (κ3) is 3.32. The fraction of sp³-hybridized carbons (Fsp3) is 0.769. The lowest BCUT2D eigenvalue weighted by Crippen LogP contribution is -2.55. The molecule has 1 fully saturated rings. The summed E-state index contributed by atoms with van der Waals surface area (Å²) in [4.78, 5) is 35.3. The zero-order chi connectivity index (χ0) is 14.5. The van der Waals surface area contributed by atoms with Crippen molar-refractivity contribution in [3.63, 3.8) is 0 Å². The number of aliphatic hydroxyl groups is 1. The second-order valence-electron chi connectivity index (χ2n) is 4.54. The molecule has 0 heterocycles. The maximum atomic E-state index is 11.9. The first-order chi connectivity index (χ1) is 8.96. The molecular formula is C13H20O6. The highest BCUT2D eigenvalue weighted by molar-refractivity contribution is 6.04. The Kier molecular flexibility index (Phi) is 5.47. The zero-order valence-electron chi connectivity index (χ0n) is 11.3. The second-order valence-corrected chi connectivity index (χ2v) is 4.54. The van der Waals surface area contributed by atoms with Crippen molar-refractivity contribution in [2.24, 2.45) is 5.92 Å². The fourth-order valence-electron chi connectivity index (χ4n) is 2.28. The van der Waals surface area contributed by atoms with Gasteiger partial charge in [0.2, 0.25) is 0 Å². The average molecular weight is 272 g/mol. The van der Waals surface area contributed by atoms with Crippen molar-refractivity contribution in [2.75, 3.05) is 13.2 Å². The Bertz CT molecular complexity index is 344. The Morgan fingerprint density at radius 2 is 1.79 bits per heavy atom. The first-order valence-corrected chi connectivity index (χ1v) is 6.55. The summed E-state index contributed by atoms with van der Waals surface area (Å²) in [6.45, 7) is 3.24. The van der Waals surface area contributed by atoms with Crippen LogP contribution in [0.25, 0.3) is 0 Å². The highest BCUT2D eigenvalue weighted by Crippen LogP contribution is 2.33. The van der Waals surface area contributed by atoms with Crippen LogP contribution in [0, 0.1) is 5.92 Å². The van der Waals surface area contributed by atoms with Crippen molar-refractivity contribution in [2.45, 2.75) is 45.1 Å². The van der Waals surface area contributed by atoms with Crippen LogP contribution < -0.4 is 0 Å². The van der Waals surface area contributed by atoms with Gasteiger partial charge in [0.05, 0.1) is 13.2 Å². The number of esters is 2. The zero-order valence-corrected chi connectivity index (χ0v) is 11.3. The summed E-state index contributed by atoms with van der Waals surface area (Å²) in [5.74, 6) is -2.91. The summed E-state index contributed by atoms with van der Waals surface area (Å²) >= 11 is 0. The molecule has 1 unspecified atom stereocenters. The molecule has 1 rings (SSSR count). The third-order valence-corrected chi connectivity index (χ3v) is 3.25. The molecule has 1 aliphatic carbocycles. The molecule has 1 N–H and O–H groups in total. The molecule has 0 aromatic heterocycles. The van der Waals surface area contributed by atoms with Crippen molar-refractivity contribution in [3.8, 4) is 0 Å². The summed E-state index contributed by atoms with van der Waals surface area (Å²) < 4.78 is 9.52. The van der Waals surface area contributed by atoms with Crippen molar-refractivity contribution in [3.05, 3.63) is 0 Å². The highest BCUT2D eigenvalue weighted by atomic mass is 16.6. The summed E-state index contributed by atoms with van der Waals surface area (Å²) in [7, 11) is 0. The molecule has 0 aromatic carbocycles. The number of carbonyl (C=O) groups excluding carboxylic acids is 3. The van der Waals surface area contributed by atoms with Gasteiger partial charge in [0.1, 0.15) is 5.78 Å². The molecule has 1 aliphatic rings. The van der Waals surface area contributed by atoms with E-state index in [4.69, 9.17) is 9.47 Å². The van der Waals surface area contributed by atoms with Gasteiger partial charge in [0.15, 0.2) is 0 Å². The molecule has 0 bridgehead atoms. The number of hydrogen-bond donors (Lipinski definition) is 1. The van der Waals surface area contributed by atoms with Crippen LogP contribution in [0.4, 0.5) is 0 Å². The van der Waals surface area contributed by atoms with Crippen molar-refractivity contribution < 1.29 is 29.0 Å². The van der Waals surface area contributed by atoms with E-state index in [1.54, 1.807) is 13.8 Å². The highest BCUT2D eigenvalue weighted by Gasteiger charge is 2.54. The van der Waals surface area contributed by atoms with Crippen molar-refractivity contribution >= 4 is 17.7 Å². The van der Waals surface area contributed by atoms with Gasteiger partial charge in [-0.05, 0) is 26.7 Å². The standard InChI is InChI=1S/C13H20O6/c1-3-18-11(15)13(17,12(16)19-4-2)9-6-5-7-10(14)8-9/h9,17H,3-8H2,1-2H3. The van der Waals surface area contributed by atoms with Gasteiger partial charge >= 0.3 is 11.9 Å². The maximum Gasteiger partial charge on any atom is 0.350 e. The predicted octanol–water partition coefficient (Wildman–Crippen LogP) is 0.603. The van der Waals surface area contributed by atoms with Gasteiger partial charge in [0.25, 0.3) is 5.60 Å². The summed E-state index contributed by atoms with van der Waals surface area (Å²) in [6, 6.07) is 0. The van der Waals surface area contributed by atoms with Gasteiger partial charge in [-0.1, -0.05) is 0 Å². The van der Waals surface area contributed by atoms with E-state index < -0.39 is 23.5 Å². The van der Waals surface area contributed by atoms with Crippen LogP contribution >= 0.6 is 0 Å². The Morgan fingerprint density at radius 3 is 2.21 bits per heavy atom. The quantitative estimate of drug-likeness (QED) is 0.582. The normalized spacial score (nSPS) is 19.9. The van der Waals surface area contributed by atoms with Crippen molar-refractivity contribution in [1.29, 1.82) is 0 Å². The SMILES string of the molecule is CCOC(=O)C(O)(C(=O)OCC)C1CCCC(=O)C1. The number of carbonyl (C=O) groups is 3. The van der Waals surface area contributed by atoms with E-state index in [9.17, 15) is 19.5 Å². The van der Waals surface area contributed by atoms with E-state index in [1.165, 1.54) is 0 Å². The number of ketones is 1. The maximum absolute atomic E-state index is 11.9. The Balaban J connectivity index is 2.99. The lowest BCUT2D eigenvalue weighted by atomic mass is 9.76. The molecular weight excluding hydrogens is 252 g/mol. The third-order valence-electron chi connectivity index (χ3n) is 3.25. The number of ether oxygens (including phenoxy) is 2.